The van der Waals surface area contributed by atoms with Crippen LogP contribution in [0, 0.1) is 12.3 Å². The average Bonchev–Trinajstić information content (AvgIpc) is 2.95. The van der Waals surface area contributed by atoms with Gasteiger partial charge in [-0.05, 0) is 39.2 Å². The summed E-state index contributed by atoms with van der Waals surface area (Å²) in [5.74, 6) is 0.617. The van der Waals surface area contributed by atoms with Crippen LogP contribution in [0.1, 0.15) is 48.1 Å². The van der Waals surface area contributed by atoms with E-state index < -0.39 is 0 Å². The van der Waals surface area contributed by atoms with Crippen molar-refractivity contribution in [1.29, 1.82) is 0 Å². The van der Waals surface area contributed by atoms with Crippen molar-refractivity contribution in [3.8, 4) is 0 Å². The van der Waals surface area contributed by atoms with E-state index in [-0.39, 0.29) is 35.8 Å². The van der Waals surface area contributed by atoms with Crippen LogP contribution in [-0.4, -0.2) is 43.0 Å². The number of amides is 1. The molecule has 0 bridgehead atoms. The highest BCUT2D eigenvalue weighted by Gasteiger charge is 2.56. The highest BCUT2D eigenvalue weighted by atomic mass is 16.5. The molecule has 3 rings (SSSR count). The number of aliphatic hydroxyl groups excluding tert-OH is 1. The van der Waals surface area contributed by atoms with Gasteiger partial charge in [0.05, 0.1) is 12.7 Å². The van der Waals surface area contributed by atoms with Gasteiger partial charge in [0.25, 0.3) is 5.91 Å². The van der Waals surface area contributed by atoms with Crippen molar-refractivity contribution in [3.05, 3.63) is 23.2 Å². The summed E-state index contributed by atoms with van der Waals surface area (Å²) in [6.45, 7) is 5.73. The molecule has 6 heteroatoms. The molecule has 23 heavy (non-hydrogen) atoms. The number of aliphatic hydroxyl groups is 1. The van der Waals surface area contributed by atoms with Crippen LogP contribution < -0.4 is 5.32 Å². The highest BCUT2D eigenvalue weighted by molar-refractivity contribution is 5.92. The van der Waals surface area contributed by atoms with Crippen molar-refractivity contribution in [2.75, 3.05) is 19.8 Å². The smallest absolute Gasteiger partial charge is 0.287 e. The normalized spacial score (nSPS) is 26.0. The molecule has 2 aliphatic rings. The second kappa shape index (κ2) is 6.63. The van der Waals surface area contributed by atoms with Crippen molar-refractivity contribution in [2.45, 2.75) is 51.9 Å². The average molecular weight is 323 g/mol. The van der Waals surface area contributed by atoms with E-state index in [1.54, 1.807) is 13.0 Å². The van der Waals surface area contributed by atoms with Crippen molar-refractivity contribution in [1.82, 2.24) is 5.32 Å². The molecule has 6 nitrogen and oxygen atoms in total. The standard InChI is InChI=1S/C17H25NO5/c1-3-22-15-9-14(17(15)4-6-21-7-5-17)18-16(20)13-8-12(10-19)11(2)23-13/h8,14-15,19H,3-7,9-10H2,1-2H3,(H,18,20)/t14-,15-/m1/s1. The van der Waals surface area contributed by atoms with Crippen LogP contribution in [0.2, 0.25) is 0 Å². The fraction of sp³-hybridized carbons (Fsp3) is 0.706. The Kier molecular flexibility index (Phi) is 4.75. The van der Waals surface area contributed by atoms with E-state index in [9.17, 15) is 9.90 Å². The molecule has 1 saturated heterocycles. The van der Waals surface area contributed by atoms with Crippen molar-refractivity contribution in [3.63, 3.8) is 0 Å². The van der Waals surface area contributed by atoms with Gasteiger partial charge in [-0.15, -0.1) is 0 Å². The van der Waals surface area contributed by atoms with Crippen LogP contribution in [0.5, 0.6) is 0 Å². The predicted octanol–water partition coefficient (Wildman–Crippen LogP) is 1.78. The molecule has 1 amide bonds. The Bertz CT molecular complexity index is 561. The molecule has 2 fully saturated rings. The van der Waals surface area contributed by atoms with Gasteiger partial charge >= 0.3 is 0 Å². The van der Waals surface area contributed by atoms with Crippen molar-refractivity contribution < 1.29 is 23.8 Å². The summed E-state index contributed by atoms with van der Waals surface area (Å²) < 4.78 is 16.8. The summed E-state index contributed by atoms with van der Waals surface area (Å²) in [6, 6.07) is 1.69. The molecule has 2 heterocycles. The fourth-order valence-electron chi connectivity index (χ4n) is 3.83. The maximum Gasteiger partial charge on any atom is 0.287 e. The molecular weight excluding hydrogens is 298 g/mol. The molecule has 1 aromatic heterocycles. The Morgan fingerprint density at radius 1 is 1.48 bits per heavy atom. The lowest BCUT2D eigenvalue weighted by atomic mass is 9.57. The molecule has 1 aliphatic heterocycles. The van der Waals surface area contributed by atoms with Crippen LogP contribution in [-0.2, 0) is 16.1 Å². The van der Waals surface area contributed by atoms with Gasteiger partial charge in [0.15, 0.2) is 5.76 Å². The molecule has 1 saturated carbocycles. The topological polar surface area (TPSA) is 80.9 Å². The van der Waals surface area contributed by atoms with Gasteiger partial charge in [-0.2, -0.15) is 0 Å². The number of carbonyl (C=O) groups is 1. The summed E-state index contributed by atoms with van der Waals surface area (Å²) in [4.78, 5) is 12.5. The molecule has 2 N–H and O–H groups in total. The number of hydrogen-bond acceptors (Lipinski definition) is 5. The van der Waals surface area contributed by atoms with Gasteiger partial charge in [0.2, 0.25) is 0 Å². The van der Waals surface area contributed by atoms with Crippen LogP contribution in [0.25, 0.3) is 0 Å². The number of ether oxygens (including phenoxy) is 2. The molecule has 1 aliphatic carbocycles. The maximum absolute atomic E-state index is 12.5. The van der Waals surface area contributed by atoms with Gasteiger partial charge < -0.3 is 24.3 Å². The summed E-state index contributed by atoms with van der Waals surface area (Å²) in [5.41, 5.74) is 0.627. The first kappa shape index (κ1) is 16.5. The first-order valence-electron chi connectivity index (χ1n) is 8.31. The van der Waals surface area contributed by atoms with Gasteiger partial charge in [-0.3, -0.25) is 4.79 Å². The van der Waals surface area contributed by atoms with Crippen LogP contribution in [0.3, 0.4) is 0 Å². The predicted molar refractivity (Wildman–Crippen MR) is 83.1 cm³/mol. The largest absolute Gasteiger partial charge is 0.456 e. The number of nitrogens with one attached hydrogen (secondary N) is 1. The Morgan fingerprint density at radius 2 is 2.22 bits per heavy atom. The molecular formula is C17H25NO5. The number of rotatable bonds is 5. The Morgan fingerprint density at radius 3 is 2.83 bits per heavy atom. The SMILES string of the molecule is CCO[C@@H]1C[C@@H](NC(=O)c2cc(CO)c(C)o2)C12CCOCC2. The Labute approximate surface area is 136 Å². The highest BCUT2D eigenvalue weighted by Crippen LogP contribution is 2.50. The third-order valence-electron chi connectivity index (χ3n) is 5.30. The van der Waals surface area contributed by atoms with Crippen molar-refractivity contribution in [2.24, 2.45) is 5.41 Å². The molecule has 0 radical (unpaired) electrons. The second-order valence-corrected chi connectivity index (χ2v) is 6.40. The molecule has 2 atom stereocenters. The first-order valence-corrected chi connectivity index (χ1v) is 8.31. The molecule has 1 spiro atoms. The number of aryl methyl sites for hydroxylation is 1. The lowest BCUT2D eigenvalue weighted by Gasteiger charge is -2.57. The molecule has 128 valence electrons. The third-order valence-corrected chi connectivity index (χ3v) is 5.30. The second-order valence-electron chi connectivity index (χ2n) is 6.40. The Balaban J connectivity index is 1.70. The first-order chi connectivity index (χ1) is 11.1. The number of carbonyl (C=O) groups excluding carboxylic acids is 1. The van der Waals surface area contributed by atoms with Gasteiger partial charge in [0, 0.05) is 36.8 Å². The summed E-state index contributed by atoms with van der Waals surface area (Å²) in [5, 5.41) is 12.3. The quantitative estimate of drug-likeness (QED) is 0.863. The van der Waals surface area contributed by atoms with E-state index in [0.29, 0.717) is 31.1 Å². The number of hydrogen-bond donors (Lipinski definition) is 2. The lowest BCUT2D eigenvalue weighted by Crippen LogP contribution is -2.66. The monoisotopic (exact) mass is 323 g/mol. The van der Waals surface area contributed by atoms with E-state index in [0.717, 1.165) is 19.3 Å². The van der Waals surface area contributed by atoms with E-state index in [2.05, 4.69) is 5.32 Å². The zero-order valence-electron chi connectivity index (χ0n) is 13.8. The third kappa shape index (κ3) is 2.91. The van der Waals surface area contributed by atoms with E-state index in [4.69, 9.17) is 13.9 Å². The van der Waals surface area contributed by atoms with Gasteiger partial charge in [-0.1, -0.05) is 0 Å². The Hall–Kier alpha value is -1.37. The minimum absolute atomic E-state index is 0.0225. The molecule has 1 aromatic rings. The fourth-order valence-corrected chi connectivity index (χ4v) is 3.83. The van der Waals surface area contributed by atoms with E-state index in [1.807, 2.05) is 6.92 Å². The van der Waals surface area contributed by atoms with E-state index in [1.165, 1.54) is 0 Å². The minimum atomic E-state index is -0.224. The zero-order valence-corrected chi connectivity index (χ0v) is 13.8. The summed E-state index contributed by atoms with van der Waals surface area (Å²) in [7, 11) is 0. The summed E-state index contributed by atoms with van der Waals surface area (Å²) in [6.07, 6.45) is 2.82. The van der Waals surface area contributed by atoms with Gasteiger partial charge in [-0.25, -0.2) is 0 Å². The molecule has 0 aromatic carbocycles. The van der Waals surface area contributed by atoms with E-state index >= 15 is 0 Å². The number of furan rings is 1. The van der Waals surface area contributed by atoms with Crippen molar-refractivity contribution >= 4 is 5.91 Å². The van der Waals surface area contributed by atoms with Crippen LogP contribution >= 0.6 is 0 Å². The minimum Gasteiger partial charge on any atom is -0.456 e. The molecule has 0 unspecified atom stereocenters. The van der Waals surface area contributed by atoms with Gasteiger partial charge in [0.1, 0.15) is 5.76 Å². The zero-order chi connectivity index (χ0) is 16.4. The lowest BCUT2D eigenvalue weighted by molar-refractivity contribution is -0.170. The van der Waals surface area contributed by atoms with Crippen LogP contribution in [0.4, 0.5) is 0 Å². The maximum atomic E-state index is 12.5. The summed E-state index contributed by atoms with van der Waals surface area (Å²) >= 11 is 0. The van der Waals surface area contributed by atoms with Crippen LogP contribution in [0.15, 0.2) is 10.5 Å².